The second-order valence-electron chi connectivity index (χ2n) is 8.26. The minimum atomic E-state index is -4.36. The quantitative estimate of drug-likeness (QED) is 0.426. The number of hydrogen-bond donors (Lipinski definition) is 1. The number of carbonyl (C=O) groups excluding carboxylic acids is 2. The van der Waals surface area contributed by atoms with Gasteiger partial charge in [0.05, 0.1) is 27.4 Å². The molecule has 0 spiro atoms. The first kappa shape index (κ1) is 26.2. The van der Waals surface area contributed by atoms with Crippen molar-refractivity contribution in [3.63, 3.8) is 0 Å². The molecule has 10 heteroatoms. The van der Waals surface area contributed by atoms with E-state index in [0.29, 0.717) is 24.5 Å². The zero-order chi connectivity index (χ0) is 26.4. The molecule has 1 fully saturated rings. The minimum Gasteiger partial charge on any atom is -0.497 e. The number of para-hydroxylation sites is 1. The van der Waals surface area contributed by atoms with Crippen LogP contribution in [0.5, 0.6) is 11.5 Å². The van der Waals surface area contributed by atoms with E-state index in [9.17, 15) is 18.0 Å². The lowest BCUT2D eigenvalue weighted by Gasteiger charge is -2.31. The molecule has 4 rings (SSSR count). The molecule has 0 aliphatic carbocycles. The number of morpholine rings is 1. The van der Waals surface area contributed by atoms with Gasteiger partial charge >= 0.3 is 0 Å². The number of ether oxygens (including phenoxy) is 3. The number of benzene rings is 3. The third-order valence-corrected chi connectivity index (χ3v) is 7.92. The van der Waals surface area contributed by atoms with Crippen LogP contribution in [0.15, 0.2) is 77.7 Å². The molecule has 1 saturated heterocycles. The predicted octanol–water partition coefficient (Wildman–Crippen LogP) is 3.01. The maximum atomic E-state index is 14.0. The van der Waals surface area contributed by atoms with Gasteiger partial charge in [-0.2, -0.15) is 0 Å². The summed E-state index contributed by atoms with van der Waals surface area (Å²) in [6.45, 7) is 1.09. The topological polar surface area (TPSA) is 111 Å². The number of hydrogen-bond acceptors (Lipinski definition) is 8. The average Bonchev–Trinajstić information content (AvgIpc) is 2.95. The number of amides is 1. The lowest BCUT2D eigenvalue weighted by atomic mass is 10.0. The molecule has 1 amide bonds. The number of anilines is 1. The van der Waals surface area contributed by atoms with Crippen LogP contribution < -0.4 is 14.8 Å². The van der Waals surface area contributed by atoms with Crippen LogP contribution in [-0.4, -0.2) is 70.9 Å². The Morgan fingerprint density at radius 3 is 2.27 bits per heavy atom. The van der Waals surface area contributed by atoms with E-state index in [-0.39, 0.29) is 40.8 Å². The van der Waals surface area contributed by atoms with Gasteiger partial charge in [-0.3, -0.25) is 9.59 Å². The zero-order valence-corrected chi connectivity index (χ0v) is 21.4. The normalized spacial score (nSPS) is 14.5. The van der Waals surface area contributed by atoms with Gasteiger partial charge in [-0.05, 0) is 24.3 Å². The van der Waals surface area contributed by atoms with Crippen LogP contribution >= 0.6 is 0 Å². The number of rotatable bonds is 9. The van der Waals surface area contributed by atoms with Crippen molar-refractivity contribution in [3.05, 3.63) is 83.9 Å². The highest BCUT2D eigenvalue weighted by atomic mass is 32.2. The van der Waals surface area contributed by atoms with Crippen LogP contribution in [0.4, 0.5) is 5.69 Å². The highest BCUT2D eigenvalue weighted by Gasteiger charge is 2.40. The molecule has 194 valence electrons. The van der Waals surface area contributed by atoms with E-state index in [1.165, 1.54) is 37.3 Å². The molecule has 1 aliphatic heterocycles. The van der Waals surface area contributed by atoms with Gasteiger partial charge in [0.1, 0.15) is 16.4 Å². The second-order valence-corrected chi connectivity index (χ2v) is 10.3. The Morgan fingerprint density at radius 1 is 0.919 bits per heavy atom. The highest BCUT2D eigenvalue weighted by molar-refractivity contribution is 7.93. The van der Waals surface area contributed by atoms with E-state index in [1.807, 2.05) is 0 Å². The van der Waals surface area contributed by atoms with Gasteiger partial charge in [-0.15, -0.1) is 0 Å². The van der Waals surface area contributed by atoms with Crippen molar-refractivity contribution in [2.45, 2.75) is 10.3 Å². The summed E-state index contributed by atoms with van der Waals surface area (Å²) >= 11 is 0. The Bertz CT molecular complexity index is 1370. The number of methoxy groups -OCH3 is 2. The SMILES string of the molecule is COc1ccc(S(=O)(=O)C(Nc2ccccc2C(=O)c2ccccc2)C(=O)N2CCOCC2)c(OC)c1. The molecule has 1 N–H and O–H groups in total. The van der Waals surface area contributed by atoms with E-state index in [2.05, 4.69) is 5.32 Å². The smallest absolute Gasteiger partial charge is 0.261 e. The number of sulfone groups is 1. The van der Waals surface area contributed by atoms with Crippen LogP contribution in [-0.2, 0) is 19.4 Å². The number of carbonyl (C=O) groups is 2. The molecule has 3 aromatic rings. The Balaban J connectivity index is 1.79. The summed E-state index contributed by atoms with van der Waals surface area (Å²) in [4.78, 5) is 28.2. The Hall–Kier alpha value is -3.89. The number of nitrogens with zero attached hydrogens (tertiary/aromatic N) is 1. The molecular formula is C27H28N2O7S. The summed E-state index contributed by atoms with van der Waals surface area (Å²) in [7, 11) is -1.56. The van der Waals surface area contributed by atoms with Gasteiger partial charge in [0.15, 0.2) is 5.78 Å². The Kier molecular flexibility index (Phi) is 8.10. The average molecular weight is 525 g/mol. The lowest BCUT2D eigenvalue weighted by Crippen LogP contribution is -2.51. The van der Waals surface area contributed by atoms with Gasteiger partial charge in [0, 0.05) is 36.0 Å². The van der Waals surface area contributed by atoms with E-state index < -0.39 is 21.1 Å². The molecule has 1 atom stereocenters. The summed E-state index contributed by atoms with van der Waals surface area (Å²) in [5, 5.41) is 1.16. The lowest BCUT2D eigenvalue weighted by molar-refractivity contribution is -0.134. The molecule has 9 nitrogen and oxygen atoms in total. The van der Waals surface area contributed by atoms with Gasteiger partial charge in [-0.25, -0.2) is 8.42 Å². The van der Waals surface area contributed by atoms with Crippen molar-refractivity contribution in [2.24, 2.45) is 0 Å². The predicted molar refractivity (Wildman–Crippen MR) is 138 cm³/mol. The van der Waals surface area contributed by atoms with Crippen LogP contribution in [0.1, 0.15) is 15.9 Å². The van der Waals surface area contributed by atoms with Gasteiger partial charge in [0.25, 0.3) is 5.91 Å². The molecule has 0 radical (unpaired) electrons. The molecular weight excluding hydrogens is 496 g/mol. The van der Waals surface area contributed by atoms with Crippen molar-refractivity contribution >= 4 is 27.2 Å². The van der Waals surface area contributed by atoms with Crippen LogP contribution in [0, 0.1) is 0 Å². The molecule has 0 aromatic heterocycles. The molecule has 1 aliphatic rings. The first-order chi connectivity index (χ1) is 17.9. The summed E-state index contributed by atoms with van der Waals surface area (Å²) in [5.74, 6) is -0.517. The second kappa shape index (κ2) is 11.4. The number of ketones is 1. The third kappa shape index (κ3) is 5.60. The van der Waals surface area contributed by atoms with Gasteiger partial charge in [0.2, 0.25) is 15.2 Å². The molecule has 0 bridgehead atoms. The summed E-state index contributed by atoms with van der Waals surface area (Å²) in [6, 6.07) is 19.4. The number of nitrogens with one attached hydrogen (secondary N) is 1. The largest absolute Gasteiger partial charge is 0.497 e. The maximum Gasteiger partial charge on any atom is 0.261 e. The molecule has 1 unspecified atom stereocenters. The molecule has 0 saturated carbocycles. The third-order valence-electron chi connectivity index (χ3n) is 6.03. The summed E-state index contributed by atoms with van der Waals surface area (Å²) in [5.41, 5.74) is 0.900. The van der Waals surface area contributed by atoms with Crippen molar-refractivity contribution < 1.29 is 32.2 Å². The maximum absolute atomic E-state index is 14.0. The minimum absolute atomic E-state index is 0.0366. The molecule has 3 aromatic carbocycles. The first-order valence-corrected chi connectivity index (χ1v) is 13.2. The standard InChI is InChI=1S/C27H28N2O7S/c1-34-20-12-13-24(23(18-20)35-2)37(32,33)26(27(31)29-14-16-36-17-15-29)28-22-11-7-6-10-21(22)25(30)19-8-4-3-5-9-19/h3-13,18,26,28H,14-17H2,1-2H3. The summed E-state index contributed by atoms with van der Waals surface area (Å²) < 4.78 is 43.9. The fourth-order valence-electron chi connectivity index (χ4n) is 4.05. The van der Waals surface area contributed by atoms with Crippen molar-refractivity contribution in [2.75, 3.05) is 45.8 Å². The highest BCUT2D eigenvalue weighted by Crippen LogP contribution is 2.32. The van der Waals surface area contributed by atoms with Crippen LogP contribution in [0.3, 0.4) is 0 Å². The first-order valence-electron chi connectivity index (χ1n) is 11.6. The Morgan fingerprint density at radius 2 is 1.59 bits per heavy atom. The van der Waals surface area contributed by atoms with Crippen molar-refractivity contribution in [1.82, 2.24) is 4.90 Å². The van der Waals surface area contributed by atoms with Gasteiger partial charge in [-0.1, -0.05) is 42.5 Å². The fourth-order valence-corrected chi connectivity index (χ4v) is 5.68. The zero-order valence-electron chi connectivity index (χ0n) is 20.5. The summed E-state index contributed by atoms with van der Waals surface area (Å²) in [6.07, 6.45) is 0. The molecule has 37 heavy (non-hydrogen) atoms. The fraction of sp³-hybridized carbons (Fsp3) is 0.259. The molecule has 1 heterocycles. The van der Waals surface area contributed by atoms with E-state index in [0.717, 1.165) is 0 Å². The van der Waals surface area contributed by atoms with E-state index >= 15 is 0 Å². The monoisotopic (exact) mass is 524 g/mol. The van der Waals surface area contributed by atoms with Crippen molar-refractivity contribution in [1.29, 1.82) is 0 Å². The van der Waals surface area contributed by atoms with Gasteiger partial charge < -0.3 is 24.4 Å². The van der Waals surface area contributed by atoms with E-state index in [1.54, 1.807) is 54.6 Å². The van der Waals surface area contributed by atoms with E-state index in [4.69, 9.17) is 14.2 Å². The van der Waals surface area contributed by atoms with Crippen molar-refractivity contribution in [3.8, 4) is 11.5 Å². The Labute approximate surface area is 215 Å². The van der Waals surface area contributed by atoms with Crippen LogP contribution in [0.25, 0.3) is 0 Å². The van der Waals surface area contributed by atoms with Crippen LogP contribution in [0.2, 0.25) is 0 Å².